The summed E-state index contributed by atoms with van der Waals surface area (Å²) in [4.78, 5) is 38.3. The Kier molecular flexibility index (Phi) is 4.49. The summed E-state index contributed by atoms with van der Waals surface area (Å²) in [5.41, 5.74) is -0.392. The van der Waals surface area contributed by atoms with Crippen molar-refractivity contribution in [2.75, 3.05) is 11.9 Å². The lowest BCUT2D eigenvalue weighted by Crippen LogP contribution is -2.54. The van der Waals surface area contributed by atoms with Crippen molar-refractivity contribution in [1.82, 2.24) is 10.2 Å². The zero-order chi connectivity index (χ0) is 17.3. The van der Waals surface area contributed by atoms with Crippen LogP contribution in [-0.2, 0) is 9.59 Å². The van der Waals surface area contributed by atoms with Gasteiger partial charge in [0.25, 0.3) is 5.91 Å². The predicted octanol–water partition coefficient (Wildman–Crippen LogP) is 2.78. The molecule has 2 fully saturated rings. The van der Waals surface area contributed by atoms with Crippen LogP contribution in [-0.4, -0.2) is 34.8 Å². The fraction of sp³-hybridized carbons (Fsp3) is 0.471. The lowest BCUT2D eigenvalue weighted by Gasteiger charge is -2.36. The van der Waals surface area contributed by atoms with Crippen LogP contribution in [0.15, 0.2) is 24.3 Å². The highest BCUT2D eigenvalue weighted by atomic mass is 35.5. The van der Waals surface area contributed by atoms with Crippen LogP contribution in [0.4, 0.5) is 10.5 Å². The molecule has 1 aliphatic heterocycles. The van der Waals surface area contributed by atoms with Crippen LogP contribution in [0.2, 0.25) is 5.02 Å². The zero-order valence-electron chi connectivity index (χ0n) is 13.5. The topological polar surface area (TPSA) is 78.5 Å². The zero-order valence-corrected chi connectivity index (χ0v) is 14.2. The van der Waals surface area contributed by atoms with Crippen LogP contribution in [0.5, 0.6) is 0 Å². The second-order valence-corrected chi connectivity index (χ2v) is 6.87. The van der Waals surface area contributed by atoms with Crippen LogP contribution in [0.3, 0.4) is 0 Å². The number of imide groups is 1. The van der Waals surface area contributed by atoms with Crippen molar-refractivity contribution < 1.29 is 14.4 Å². The van der Waals surface area contributed by atoms with Crippen LogP contribution in [0.25, 0.3) is 0 Å². The van der Waals surface area contributed by atoms with Crippen molar-refractivity contribution in [3.63, 3.8) is 0 Å². The molecule has 1 saturated heterocycles. The lowest BCUT2D eigenvalue weighted by molar-refractivity contribution is -0.136. The Morgan fingerprint density at radius 3 is 2.83 bits per heavy atom. The fourth-order valence-corrected chi connectivity index (χ4v) is 3.72. The van der Waals surface area contributed by atoms with Crippen LogP contribution in [0.1, 0.15) is 32.6 Å². The number of nitrogens with zero attached hydrogens (tertiary/aromatic N) is 1. The van der Waals surface area contributed by atoms with E-state index in [0.717, 1.165) is 24.2 Å². The summed E-state index contributed by atoms with van der Waals surface area (Å²) in [5.74, 6) is -0.680. The van der Waals surface area contributed by atoms with Gasteiger partial charge >= 0.3 is 6.03 Å². The van der Waals surface area contributed by atoms with E-state index >= 15 is 0 Å². The van der Waals surface area contributed by atoms with Gasteiger partial charge in [-0.2, -0.15) is 0 Å². The third-order valence-electron chi connectivity index (χ3n) is 4.95. The first kappa shape index (κ1) is 16.8. The first-order valence-electron chi connectivity index (χ1n) is 8.12. The summed E-state index contributed by atoms with van der Waals surface area (Å²) in [5, 5.41) is 5.87. The Labute approximate surface area is 145 Å². The number of carbonyl (C=O) groups is 3. The van der Waals surface area contributed by atoms with E-state index in [1.165, 1.54) is 0 Å². The van der Waals surface area contributed by atoms with E-state index in [-0.39, 0.29) is 18.4 Å². The molecule has 7 heteroatoms. The van der Waals surface area contributed by atoms with Gasteiger partial charge in [0, 0.05) is 0 Å². The van der Waals surface area contributed by atoms with E-state index in [9.17, 15) is 14.4 Å². The Bertz CT molecular complexity index is 693. The standard InChI is InChI=1S/C17H20ClN3O3/c1-11-6-4-5-9-17(11)15(23)21(16(24)20-17)10-14(22)19-13-8-3-2-7-12(13)18/h2-3,7-8,11H,4-6,9-10H2,1H3,(H,19,22)(H,20,24)/t11-,17+/m1/s1. The molecule has 24 heavy (non-hydrogen) atoms. The molecule has 1 saturated carbocycles. The number of urea groups is 1. The molecule has 1 aromatic rings. The Morgan fingerprint density at radius 2 is 2.12 bits per heavy atom. The Hall–Kier alpha value is -2.08. The Balaban J connectivity index is 1.71. The molecule has 1 aromatic carbocycles. The summed E-state index contributed by atoms with van der Waals surface area (Å²) in [6, 6.07) is 6.32. The molecular weight excluding hydrogens is 330 g/mol. The number of rotatable bonds is 3. The summed E-state index contributed by atoms with van der Waals surface area (Å²) in [6.45, 7) is 1.66. The van der Waals surface area contributed by atoms with Gasteiger partial charge in [-0.1, -0.05) is 43.5 Å². The van der Waals surface area contributed by atoms with Gasteiger partial charge in [0.15, 0.2) is 0 Å². The molecule has 2 atom stereocenters. The molecule has 0 unspecified atom stereocenters. The van der Waals surface area contributed by atoms with Crippen molar-refractivity contribution in [2.45, 2.75) is 38.1 Å². The van der Waals surface area contributed by atoms with E-state index in [4.69, 9.17) is 11.6 Å². The number of para-hydroxylation sites is 1. The van der Waals surface area contributed by atoms with Gasteiger partial charge in [0.2, 0.25) is 5.91 Å². The average Bonchev–Trinajstić information content (AvgIpc) is 2.78. The molecule has 0 radical (unpaired) electrons. The van der Waals surface area contributed by atoms with Gasteiger partial charge in [-0.05, 0) is 30.9 Å². The van der Waals surface area contributed by atoms with Gasteiger partial charge in [-0.25, -0.2) is 4.79 Å². The van der Waals surface area contributed by atoms with Gasteiger partial charge in [0.1, 0.15) is 12.1 Å². The predicted molar refractivity (Wildman–Crippen MR) is 90.7 cm³/mol. The molecule has 0 aromatic heterocycles. The SMILES string of the molecule is C[C@@H]1CCCC[C@]12NC(=O)N(CC(=O)Nc1ccccc1Cl)C2=O. The molecular formula is C17H20ClN3O3. The molecule has 1 aliphatic carbocycles. The third kappa shape index (κ3) is 2.86. The molecule has 128 valence electrons. The molecule has 3 rings (SSSR count). The number of hydrogen-bond acceptors (Lipinski definition) is 3. The molecule has 4 amide bonds. The van der Waals surface area contributed by atoms with E-state index in [1.54, 1.807) is 24.3 Å². The molecule has 0 bridgehead atoms. The minimum Gasteiger partial charge on any atom is -0.323 e. The van der Waals surface area contributed by atoms with Gasteiger partial charge in [0.05, 0.1) is 10.7 Å². The second-order valence-electron chi connectivity index (χ2n) is 6.47. The minimum atomic E-state index is -0.847. The van der Waals surface area contributed by atoms with Crippen LogP contribution >= 0.6 is 11.6 Å². The average molecular weight is 350 g/mol. The monoisotopic (exact) mass is 349 g/mol. The molecule has 6 nitrogen and oxygen atoms in total. The number of benzene rings is 1. The molecule has 2 aliphatic rings. The summed E-state index contributed by atoms with van der Waals surface area (Å²) in [6.07, 6.45) is 3.47. The highest BCUT2D eigenvalue weighted by Gasteiger charge is 2.55. The number of nitrogens with one attached hydrogen (secondary N) is 2. The van der Waals surface area contributed by atoms with E-state index in [2.05, 4.69) is 10.6 Å². The largest absolute Gasteiger partial charge is 0.325 e. The number of hydrogen-bond donors (Lipinski definition) is 2. The summed E-state index contributed by atoms with van der Waals surface area (Å²) >= 11 is 6.00. The highest BCUT2D eigenvalue weighted by Crippen LogP contribution is 2.38. The van der Waals surface area contributed by atoms with Gasteiger partial charge < -0.3 is 10.6 Å². The molecule has 1 heterocycles. The fourth-order valence-electron chi connectivity index (χ4n) is 3.53. The normalized spacial score (nSPS) is 26.6. The number of amides is 4. The van der Waals surface area contributed by atoms with Crippen molar-refractivity contribution in [3.8, 4) is 0 Å². The van der Waals surface area contributed by atoms with Crippen molar-refractivity contribution >= 4 is 35.1 Å². The summed E-state index contributed by atoms with van der Waals surface area (Å²) < 4.78 is 0. The number of halogens is 1. The van der Waals surface area contributed by atoms with Gasteiger partial charge in [-0.15, -0.1) is 0 Å². The van der Waals surface area contributed by atoms with E-state index in [0.29, 0.717) is 17.1 Å². The lowest BCUT2D eigenvalue weighted by atomic mass is 9.73. The van der Waals surface area contributed by atoms with Crippen molar-refractivity contribution in [2.24, 2.45) is 5.92 Å². The molecule has 2 N–H and O–H groups in total. The maximum Gasteiger partial charge on any atom is 0.325 e. The van der Waals surface area contributed by atoms with Crippen molar-refractivity contribution in [3.05, 3.63) is 29.3 Å². The van der Waals surface area contributed by atoms with Crippen molar-refractivity contribution in [1.29, 1.82) is 0 Å². The molecule has 1 spiro atoms. The highest BCUT2D eigenvalue weighted by molar-refractivity contribution is 6.33. The quantitative estimate of drug-likeness (QED) is 0.823. The first-order valence-corrected chi connectivity index (χ1v) is 8.50. The first-order chi connectivity index (χ1) is 11.4. The van der Waals surface area contributed by atoms with Crippen LogP contribution < -0.4 is 10.6 Å². The van der Waals surface area contributed by atoms with E-state index in [1.807, 2.05) is 6.92 Å². The third-order valence-corrected chi connectivity index (χ3v) is 5.28. The Morgan fingerprint density at radius 1 is 1.38 bits per heavy atom. The maximum absolute atomic E-state index is 12.8. The van der Waals surface area contributed by atoms with Gasteiger partial charge in [-0.3, -0.25) is 14.5 Å². The smallest absolute Gasteiger partial charge is 0.323 e. The van der Waals surface area contributed by atoms with E-state index < -0.39 is 17.5 Å². The minimum absolute atomic E-state index is 0.0688. The van der Waals surface area contributed by atoms with Crippen LogP contribution in [0, 0.1) is 5.92 Å². The maximum atomic E-state index is 12.8. The number of carbonyl (C=O) groups excluding carboxylic acids is 3. The second kappa shape index (κ2) is 6.43. The summed E-state index contributed by atoms with van der Waals surface area (Å²) in [7, 11) is 0. The number of anilines is 1.